The fraction of sp³-hybridized carbons (Fsp3) is 0.208. The second-order valence-corrected chi connectivity index (χ2v) is 7.15. The molecule has 0 saturated heterocycles. The van der Waals surface area contributed by atoms with Gasteiger partial charge in [-0.3, -0.25) is 4.79 Å². The first-order chi connectivity index (χ1) is 14.2. The number of hydrogen-bond acceptors (Lipinski definition) is 3. The monoisotopic (exact) mass is 390 g/mol. The predicted octanol–water partition coefficient (Wildman–Crippen LogP) is 4.30. The van der Waals surface area contributed by atoms with Gasteiger partial charge < -0.3 is 15.0 Å². The molecule has 0 unspecified atom stereocenters. The number of benzene rings is 3. The van der Waals surface area contributed by atoms with Crippen LogP contribution in [0.3, 0.4) is 0 Å². The summed E-state index contributed by atoms with van der Waals surface area (Å²) in [7, 11) is 0. The van der Waals surface area contributed by atoms with Gasteiger partial charge in [0, 0.05) is 13.1 Å². The number of halogens is 1. The predicted molar refractivity (Wildman–Crippen MR) is 111 cm³/mol. The van der Waals surface area contributed by atoms with Crippen LogP contribution in [0.25, 0.3) is 0 Å². The first kappa shape index (κ1) is 19.0. The van der Waals surface area contributed by atoms with Crippen LogP contribution in [0, 0.1) is 5.82 Å². The molecule has 3 aromatic carbocycles. The minimum atomic E-state index is -0.283. The third-order valence-corrected chi connectivity index (χ3v) is 5.07. The van der Waals surface area contributed by atoms with Crippen molar-refractivity contribution < 1.29 is 13.9 Å². The molecule has 1 atom stereocenters. The van der Waals surface area contributed by atoms with E-state index in [1.165, 1.54) is 17.7 Å². The van der Waals surface area contributed by atoms with Gasteiger partial charge >= 0.3 is 0 Å². The van der Waals surface area contributed by atoms with Crippen molar-refractivity contribution in [3.63, 3.8) is 0 Å². The normalized spacial score (nSPS) is 15.3. The lowest BCUT2D eigenvalue weighted by molar-refractivity contribution is -0.121. The first-order valence-corrected chi connectivity index (χ1v) is 9.72. The third kappa shape index (κ3) is 4.74. The number of amides is 1. The van der Waals surface area contributed by atoms with Gasteiger partial charge in [-0.25, -0.2) is 4.39 Å². The van der Waals surface area contributed by atoms with Crippen molar-refractivity contribution >= 4 is 11.6 Å². The highest BCUT2D eigenvalue weighted by atomic mass is 19.1. The molecule has 0 aliphatic carbocycles. The molecular formula is C24H23FN2O2. The van der Waals surface area contributed by atoms with Crippen molar-refractivity contribution in [3.8, 4) is 5.75 Å². The van der Waals surface area contributed by atoms with Crippen LogP contribution in [0.1, 0.15) is 17.5 Å². The average Bonchev–Trinajstić information content (AvgIpc) is 2.76. The Morgan fingerprint density at radius 3 is 2.48 bits per heavy atom. The van der Waals surface area contributed by atoms with E-state index in [4.69, 9.17) is 4.74 Å². The number of rotatable bonds is 6. The maximum atomic E-state index is 13.0. The third-order valence-electron chi connectivity index (χ3n) is 5.07. The summed E-state index contributed by atoms with van der Waals surface area (Å²) in [5.41, 5.74) is 3.05. The number of fused-ring (bicyclic) bond motifs is 1. The molecule has 1 amide bonds. The maximum Gasteiger partial charge on any atom is 0.222 e. The van der Waals surface area contributed by atoms with Crippen LogP contribution >= 0.6 is 0 Å². The molecule has 0 radical (unpaired) electrons. The molecule has 3 aromatic rings. The number of carbonyl (C=O) groups is 1. The molecule has 4 rings (SSSR count). The molecule has 5 heteroatoms. The van der Waals surface area contributed by atoms with Gasteiger partial charge in [0.1, 0.15) is 18.2 Å². The van der Waals surface area contributed by atoms with Gasteiger partial charge in [0.2, 0.25) is 5.91 Å². The standard InChI is InChI=1S/C24H23FN2O2/c25-20-12-10-18(11-13-20)15-26-24(28)14-21-17-29-23-9-5-4-8-22(23)27(21)16-19-6-2-1-3-7-19/h1-13,21H,14-17H2,(H,26,28)/t21-/m1/s1. The van der Waals surface area contributed by atoms with E-state index in [0.29, 0.717) is 26.1 Å². The Labute approximate surface area is 169 Å². The first-order valence-electron chi connectivity index (χ1n) is 9.72. The highest BCUT2D eigenvalue weighted by molar-refractivity contribution is 5.77. The van der Waals surface area contributed by atoms with Gasteiger partial charge in [-0.2, -0.15) is 0 Å². The van der Waals surface area contributed by atoms with Crippen LogP contribution in [-0.4, -0.2) is 18.6 Å². The number of ether oxygens (including phenoxy) is 1. The molecule has 0 spiro atoms. The van der Waals surface area contributed by atoms with Crippen molar-refractivity contribution in [1.29, 1.82) is 0 Å². The van der Waals surface area contributed by atoms with Crippen molar-refractivity contribution in [2.75, 3.05) is 11.5 Å². The van der Waals surface area contributed by atoms with Crippen LogP contribution in [0.15, 0.2) is 78.9 Å². The summed E-state index contributed by atoms with van der Waals surface area (Å²) < 4.78 is 18.9. The highest BCUT2D eigenvalue weighted by Crippen LogP contribution is 2.35. The van der Waals surface area contributed by atoms with Gasteiger partial charge in [0.25, 0.3) is 0 Å². The van der Waals surface area contributed by atoms with E-state index in [2.05, 4.69) is 22.3 Å². The van der Waals surface area contributed by atoms with E-state index in [9.17, 15) is 9.18 Å². The minimum absolute atomic E-state index is 0.0552. The SMILES string of the molecule is O=C(C[C@@H]1COc2ccccc2N1Cc1ccccc1)NCc1ccc(F)cc1. The zero-order valence-electron chi connectivity index (χ0n) is 16.1. The lowest BCUT2D eigenvalue weighted by atomic mass is 10.1. The zero-order valence-corrected chi connectivity index (χ0v) is 16.1. The molecule has 0 bridgehead atoms. The molecule has 1 aliphatic heterocycles. The molecule has 0 fully saturated rings. The lowest BCUT2D eigenvalue weighted by Gasteiger charge is -2.38. The number of nitrogens with one attached hydrogen (secondary N) is 1. The van der Waals surface area contributed by atoms with Crippen LogP contribution in [-0.2, 0) is 17.9 Å². The van der Waals surface area contributed by atoms with E-state index in [0.717, 1.165) is 17.0 Å². The summed E-state index contributed by atoms with van der Waals surface area (Å²) in [5, 5.41) is 2.93. The maximum absolute atomic E-state index is 13.0. The second kappa shape index (κ2) is 8.78. The summed E-state index contributed by atoms with van der Waals surface area (Å²) in [4.78, 5) is 14.8. The van der Waals surface area contributed by atoms with Gasteiger partial charge in [-0.1, -0.05) is 54.6 Å². The van der Waals surface area contributed by atoms with Gasteiger partial charge in [-0.15, -0.1) is 0 Å². The smallest absolute Gasteiger partial charge is 0.222 e. The molecule has 1 aliphatic rings. The van der Waals surface area contributed by atoms with E-state index in [1.807, 2.05) is 42.5 Å². The number of anilines is 1. The number of nitrogens with zero attached hydrogens (tertiary/aromatic N) is 1. The van der Waals surface area contributed by atoms with Crippen LogP contribution in [0.4, 0.5) is 10.1 Å². The van der Waals surface area contributed by atoms with Gasteiger partial charge in [0.15, 0.2) is 0 Å². The molecule has 0 saturated carbocycles. The fourth-order valence-electron chi connectivity index (χ4n) is 3.54. The minimum Gasteiger partial charge on any atom is -0.489 e. The average molecular weight is 390 g/mol. The van der Waals surface area contributed by atoms with E-state index in [-0.39, 0.29) is 17.8 Å². The Hall–Kier alpha value is -3.34. The van der Waals surface area contributed by atoms with Crippen LogP contribution < -0.4 is 15.0 Å². The van der Waals surface area contributed by atoms with Crippen LogP contribution in [0.2, 0.25) is 0 Å². The number of carbonyl (C=O) groups excluding carboxylic acids is 1. The molecule has 148 valence electrons. The largest absolute Gasteiger partial charge is 0.489 e. The Morgan fingerprint density at radius 2 is 1.69 bits per heavy atom. The Kier molecular flexibility index (Phi) is 5.75. The zero-order chi connectivity index (χ0) is 20.1. The Balaban J connectivity index is 1.45. The topological polar surface area (TPSA) is 41.6 Å². The van der Waals surface area contributed by atoms with Gasteiger partial charge in [-0.05, 0) is 35.4 Å². The summed E-state index contributed by atoms with van der Waals surface area (Å²) in [6.45, 7) is 1.53. The molecule has 0 aromatic heterocycles. The van der Waals surface area contributed by atoms with E-state index >= 15 is 0 Å². The van der Waals surface area contributed by atoms with E-state index in [1.54, 1.807) is 12.1 Å². The van der Waals surface area contributed by atoms with Gasteiger partial charge in [0.05, 0.1) is 18.2 Å². The number of para-hydroxylation sites is 2. The van der Waals surface area contributed by atoms with Crippen molar-refractivity contribution in [2.24, 2.45) is 0 Å². The summed E-state index contributed by atoms with van der Waals surface area (Å²) in [6, 6.07) is 24.2. The van der Waals surface area contributed by atoms with Crippen molar-refractivity contribution in [2.45, 2.75) is 25.6 Å². The summed E-state index contributed by atoms with van der Waals surface area (Å²) in [6.07, 6.45) is 0.322. The lowest BCUT2D eigenvalue weighted by Crippen LogP contribution is -2.45. The molecular weight excluding hydrogens is 367 g/mol. The Bertz CT molecular complexity index is 960. The number of hydrogen-bond donors (Lipinski definition) is 1. The van der Waals surface area contributed by atoms with Crippen molar-refractivity contribution in [3.05, 3.63) is 95.8 Å². The highest BCUT2D eigenvalue weighted by Gasteiger charge is 2.29. The second-order valence-electron chi connectivity index (χ2n) is 7.15. The molecule has 1 N–H and O–H groups in total. The molecule has 4 nitrogen and oxygen atoms in total. The molecule has 29 heavy (non-hydrogen) atoms. The van der Waals surface area contributed by atoms with E-state index < -0.39 is 0 Å². The summed E-state index contributed by atoms with van der Waals surface area (Å²) in [5.74, 6) is 0.501. The fourth-order valence-corrected chi connectivity index (χ4v) is 3.54. The molecule has 1 heterocycles. The quantitative estimate of drug-likeness (QED) is 0.682. The Morgan fingerprint density at radius 1 is 0.966 bits per heavy atom. The summed E-state index contributed by atoms with van der Waals surface area (Å²) >= 11 is 0. The van der Waals surface area contributed by atoms with Crippen molar-refractivity contribution in [1.82, 2.24) is 5.32 Å². The van der Waals surface area contributed by atoms with Crippen LogP contribution in [0.5, 0.6) is 5.75 Å².